The number of rotatable bonds is 6. The lowest BCUT2D eigenvalue weighted by Gasteiger charge is -2.51. The van der Waals surface area contributed by atoms with Crippen LogP contribution in [0.3, 0.4) is 0 Å². The van der Waals surface area contributed by atoms with Crippen LogP contribution in [0.4, 0.5) is 5.69 Å². The number of hydrogen-bond acceptors (Lipinski definition) is 6. The highest BCUT2D eigenvalue weighted by Crippen LogP contribution is 2.57. The Kier molecular flexibility index (Phi) is 5.00. The predicted octanol–water partition coefficient (Wildman–Crippen LogP) is 3.85. The van der Waals surface area contributed by atoms with Gasteiger partial charge in [-0.05, 0) is 63.3 Å². The zero-order valence-corrected chi connectivity index (χ0v) is 19.2. The second-order valence-electron chi connectivity index (χ2n) is 9.90. The van der Waals surface area contributed by atoms with Gasteiger partial charge in [-0.1, -0.05) is 12.1 Å². The molecule has 8 heteroatoms. The third kappa shape index (κ3) is 4.11. The molecule has 1 aromatic carbocycles. The van der Waals surface area contributed by atoms with Crippen molar-refractivity contribution in [1.29, 1.82) is 5.26 Å². The molecular formula is C25H27N7O. The Morgan fingerprint density at radius 2 is 2.06 bits per heavy atom. The molecule has 0 aliphatic heterocycles. The minimum absolute atomic E-state index is 0.226. The quantitative estimate of drug-likeness (QED) is 0.622. The molecular weight excluding hydrogens is 414 g/mol. The van der Waals surface area contributed by atoms with E-state index in [1.54, 1.807) is 12.4 Å². The van der Waals surface area contributed by atoms with Gasteiger partial charge in [0, 0.05) is 36.2 Å². The van der Waals surface area contributed by atoms with Gasteiger partial charge in [-0.2, -0.15) is 5.26 Å². The van der Waals surface area contributed by atoms with Gasteiger partial charge in [-0.15, -0.1) is 10.2 Å². The minimum atomic E-state index is -0.366. The van der Waals surface area contributed by atoms with Crippen molar-refractivity contribution in [3.05, 3.63) is 65.3 Å². The van der Waals surface area contributed by atoms with Crippen LogP contribution >= 0.6 is 0 Å². The zero-order valence-electron chi connectivity index (χ0n) is 19.2. The van der Waals surface area contributed by atoms with Crippen molar-refractivity contribution in [1.82, 2.24) is 24.7 Å². The van der Waals surface area contributed by atoms with Gasteiger partial charge < -0.3 is 9.88 Å². The molecule has 0 spiro atoms. The van der Waals surface area contributed by atoms with E-state index in [0.717, 1.165) is 48.6 Å². The van der Waals surface area contributed by atoms with E-state index in [4.69, 9.17) is 0 Å². The number of carbonyl (C=O) groups excluding carboxylic acids is 1. The lowest BCUT2D eigenvalue weighted by atomic mass is 9.50. The normalized spacial score (nSPS) is 24.1. The summed E-state index contributed by atoms with van der Waals surface area (Å²) in [6.07, 6.45) is 6.02. The summed E-state index contributed by atoms with van der Waals surface area (Å²) in [6, 6.07) is 12.1. The molecule has 0 unspecified atom stereocenters. The van der Waals surface area contributed by atoms with Gasteiger partial charge in [0.05, 0.1) is 11.5 Å². The molecule has 0 atom stereocenters. The highest BCUT2D eigenvalue weighted by atomic mass is 16.1. The lowest BCUT2D eigenvalue weighted by Crippen LogP contribution is -2.49. The Labute approximate surface area is 193 Å². The molecule has 1 amide bonds. The molecule has 33 heavy (non-hydrogen) atoms. The first-order valence-corrected chi connectivity index (χ1v) is 11.3. The largest absolute Gasteiger partial charge is 0.321 e. The second kappa shape index (κ2) is 7.77. The van der Waals surface area contributed by atoms with Crippen molar-refractivity contribution in [2.75, 3.05) is 5.32 Å². The Bertz CT molecular complexity index is 1260. The van der Waals surface area contributed by atoms with Gasteiger partial charge in [0.25, 0.3) is 5.91 Å². The standard InChI is InChI=1S/C25H27N7O/c1-16-9-20(30-22(28-16)17-7-8-17)23(33)29-19-6-4-5-18(10-19)25(12-24(2,13-25)14-26)11-21-31-27-15-32(21)3/h4-6,9-10,15,17H,7-8,11-13H2,1-3H3,(H,29,33)/t24-,25-. The van der Waals surface area contributed by atoms with Gasteiger partial charge >= 0.3 is 0 Å². The molecule has 8 nitrogen and oxygen atoms in total. The van der Waals surface area contributed by atoms with Crippen LogP contribution in [-0.4, -0.2) is 30.6 Å². The average molecular weight is 442 g/mol. The summed E-state index contributed by atoms with van der Waals surface area (Å²) < 4.78 is 1.92. The molecule has 2 aliphatic rings. The summed E-state index contributed by atoms with van der Waals surface area (Å²) in [5.74, 6) is 1.79. The van der Waals surface area contributed by atoms with Gasteiger partial charge in [0.2, 0.25) is 0 Å². The number of amides is 1. The average Bonchev–Trinajstić information content (AvgIpc) is 3.55. The molecule has 2 saturated carbocycles. The van der Waals surface area contributed by atoms with Crippen LogP contribution in [0.25, 0.3) is 0 Å². The Balaban J connectivity index is 1.41. The Hall–Kier alpha value is -3.60. The smallest absolute Gasteiger partial charge is 0.274 e. The SMILES string of the molecule is Cc1cc(C(=O)Nc2cccc([C@]3(Cc4nncn4C)C[C@@](C)(C#N)C3)c2)nc(C2CC2)n1. The van der Waals surface area contributed by atoms with Crippen molar-refractivity contribution >= 4 is 11.6 Å². The first-order chi connectivity index (χ1) is 15.8. The molecule has 2 aromatic heterocycles. The van der Waals surface area contributed by atoms with E-state index in [1.807, 2.05) is 43.7 Å². The molecule has 3 aromatic rings. The highest BCUT2D eigenvalue weighted by Gasteiger charge is 2.53. The zero-order chi connectivity index (χ0) is 23.2. The first-order valence-electron chi connectivity index (χ1n) is 11.3. The number of hydrogen-bond donors (Lipinski definition) is 1. The highest BCUT2D eigenvalue weighted by molar-refractivity contribution is 6.03. The number of aryl methyl sites for hydroxylation is 2. The molecule has 0 saturated heterocycles. The molecule has 0 radical (unpaired) electrons. The second-order valence-corrected chi connectivity index (χ2v) is 9.90. The summed E-state index contributed by atoms with van der Waals surface area (Å²) in [7, 11) is 1.93. The van der Waals surface area contributed by atoms with E-state index < -0.39 is 0 Å². The summed E-state index contributed by atoms with van der Waals surface area (Å²) in [4.78, 5) is 22.0. The summed E-state index contributed by atoms with van der Waals surface area (Å²) in [5, 5.41) is 20.9. The van der Waals surface area contributed by atoms with Crippen molar-refractivity contribution in [2.24, 2.45) is 12.5 Å². The lowest BCUT2D eigenvalue weighted by molar-refractivity contribution is 0.0890. The summed E-state index contributed by atoms with van der Waals surface area (Å²) in [5.41, 5.74) is 2.41. The molecule has 2 heterocycles. The van der Waals surface area contributed by atoms with Crippen LogP contribution in [0.15, 0.2) is 36.7 Å². The maximum Gasteiger partial charge on any atom is 0.274 e. The van der Waals surface area contributed by atoms with Crippen LogP contribution in [0.2, 0.25) is 0 Å². The fourth-order valence-electron chi connectivity index (χ4n) is 5.08. The predicted molar refractivity (Wildman–Crippen MR) is 122 cm³/mol. The van der Waals surface area contributed by atoms with Crippen LogP contribution in [0.5, 0.6) is 0 Å². The maximum absolute atomic E-state index is 13.0. The molecule has 2 aliphatic carbocycles. The van der Waals surface area contributed by atoms with Crippen molar-refractivity contribution < 1.29 is 4.79 Å². The summed E-state index contributed by atoms with van der Waals surface area (Å²) >= 11 is 0. The van der Waals surface area contributed by atoms with E-state index in [-0.39, 0.29) is 16.7 Å². The van der Waals surface area contributed by atoms with E-state index >= 15 is 0 Å². The third-order valence-electron chi connectivity index (χ3n) is 6.81. The number of carbonyl (C=O) groups is 1. The van der Waals surface area contributed by atoms with E-state index in [9.17, 15) is 10.1 Å². The van der Waals surface area contributed by atoms with Crippen LogP contribution in [0, 0.1) is 23.7 Å². The van der Waals surface area contributed by atoms with E-state index in [1.165, 1.54) is 0 Å². The number of aromatic nitrogens is 5. The van der Waals surface area contributed by atoms with Gasteiger partial charge in [0.15, 0.2) is 0 Å². The monoisotopic (exact) mass is 441 g/mol. The van der Waals surface area contributed by atoms with Gasteiger partial charge in [-0.3, -0.25) is 4.79 Å². The Morgan fingerprint density at radius 1 is 1.27 bits per heavy atom. The van der Waals surface area contributed by atoms with E-state index in [0.29, 0.717) is 23.7 Å². The van der Waals surface area contributed by atoms with Crippen LogP contribution in [0.1, 0.15) is 71.9 Å². The fraction of sp³-hybridized carbons (Fsp3) is 0.440. The summed E-state index contributed by atoms with van der Waals surface area (Å²) in [6.45, 7) is 3.90. The number of nitrogens with zero attached hydrogens (tertiary/aromatic N) is 6. The minimum Gasteiger partial charge on any atom is -0.321 e. The maximum atomic E-state index is 13.0. The molecule has 1 N–H and O–H groups in total. The fourth-order valence-corrected chi connectivity index (χ4v) is 5.08. The third-order valence-corrected chi connectivity index (χ3v) is 6.81. The number of nitrogens with one attached hydrogen (secondary N) is 1. The molecule has 168 valence electrons. The van der Waals surface area contributed by atoms with Crippen LogP contribution in [-0.2, 0) is 18.9 Å². The first kappa shape index (κ1) is 21.3. The molecule has 0 bridgehead atoms. The molecule has 5 rings (SSSR count). The molecule has 2 fully saturated rings. The van der Waals surface area contributed by atoms with Crippen molar-refractivity contribution in [2.45, 2.75) is 57.3 Å². The number of anilines is 1. The topological polar surface area (TPSA) is 109 Å². The van der Waals surface area contributed by atoms with Gasteiger partial charge in [-0.25, -0.2) is 9.97 Å². The van der Waals surface area contributed by atoms with Crippen LogP contribution < -0.4 is 5.32 Å². The van der Waals surface area contributed by atoms with E-state index in [2.05, 4.69) is 37.6 Å². The Morgan fingerprint density at radius 3 is 2.73 bits per heavy atom. The van der Waals surface area contributed by atoms with Crippen molar-refractivity contribution in [3.63, 3.8) is 0 Å². The van der Waals surface area contributed by atoms with Crippen molar-refractivity contribution in [3.8, 4) is 6.07 Å². The number of nitriles is 1. The number of benzene rings is 1. The van der Waals surface area contributed by atoms with Gasteiger partial charge in [0.1, 0.15) is 23.7 Å².